The number of carbonyl (C=O) groups is 1. The Balaban J connectivity index is 1.73. The van der Waals surface area contributed by atoms with Crippen LogP contribution in [0.3, 0.4) is 0 Å². The molecule has 4 rings (SSSR count). The van der Waals surface area contributed by atoms with E-state index in [2.05, 4.69) is 20.3 Å². The molecule has 2 atom stereocenters. The van der Waals surface area contributed by atoms with Crippen LogP contribution in [0.5, 0.6) is 0 Å². The summed E-state index contributed by atoms with van der Waals surface area (Å²) in [4.78, 5) is 24.7. The van der Waals surface area contributed by atoms with Crippen LogP contribution in [0.1, 0.15) is 41.6 Å². The normalized spacial score (nSPS) is 20.2. The third kappa shape index (κ3) is 3.18. The number of aromatic amines is 1. The number of ketones is 1. The van der Waals surface area contributed by atoms with Crippen molar-refractivity contribution in [2.24, 2.45) is 5.73 Å². The van der Waals surface area contributed by atoms with E-state index >= 15 is 0 Å². The molecule has 7 heteroatoms. The summed E-state index contributed by atoms with van der Waals surface area (Å²) in [6, 6.07) is 7.48. The second-order valence-corrected chi connectivity index (χ2v) is 7.13. The van der Waals surface area contributed by atoms with Gasteiger partial charge in [-0.3, -0.25) is 4.79 Å². The van der Waals surface area contributed by atoms with Crippen molar-refractivity contribution in [1.82, 2.24) is 15.0 Å². The molecule has 3 aromatic rings. The number of anilines is 1. The van der Waals surface area contributed by atoms with Gasteiger partial charge in [-0.1, -0.05) is 23.7 Å². The summed E-state index contributed by atoms with van der Waals surface area (Å²) in [7, 11) is 0. The molecule has 2 heterocycles. The van der Waals surface area contributed by atoms with E-state index in [1.807, 2.05) is 0 Å². The lowest BCUT2D eigenvalue weighted by Crippen LogP contribution is -2.35. The van der Waals surface area contributed by atoms with Gasteiger partial charge in [0.15, 0.2) is 5.78 Å². The fraction of sp³-hybridized carbons (Fsp3) is 0.316. The van der Waals surface area contributed by atoms with Crippen LogP contribution >= 0.6 is 11.6 Å². The van der Waals surface area contributed by atoms with E-state index in [1.54, 1.807) is 30.5 Å². The molecule has 2 aromatic heterocycles. The highest BCUT2D eigenvalue weighted by atomic mass is 35.5. The molecule has 2 unspecified atom stereocenters. The number of benzene rings is 1. The van der Waals surface area contributed by atoms with E-state index in [4.69, 9.17) is 17.3 Å². The first-order chi connectivity index (χ1) is 12.6. The summed E-state index contributed by atoms with van der Waals surface area (Å²) in [5, 5.41) is 4.58. The first kappa shape index (κ1) is 17.0. The molecule has 0 bridgehead atoms. The number of H-pyrrole nitrogens is 1. The van der Waals surface area contributed by atoms with Gasteiger partial charge in [0, 0.05) is 23.8 Å². The third-order valence-electron chi connectivity index (χ3n) is 4.89. The van der Waals surface area contributed by atoms with Crippen molar-refractivity contribution >= 4 is 34.2 Å². The SMILES string of the molecule is NC1CCCC(Nc2ncnc3[nH]cc(C(=O)c4ccccc4Cl)c23)C1. The zero-order valence-corrected chi connectivity index (χ0v) is 15.0. The summed E-state index contributed by atoms with van der Waals surface area (Å²) in [5.41, 5.74) is 7.69. The van der Waals surface area contributed by atoms with Crippen LogP contribution in [-0.2, 0) is 0 Å². The van der Waals surface area contributed by atoms with Gasteiger partial charge >= 0.3 is 0 Å². The predicted octanol–water partition coefficient (Wildman–Crippen LogP) is 3.52. The molecule has 1 aliphatic rings. The molecule has 1 aromatic carbocycles. The lowest BCUT2D eigenvalue weighted by molar-refractivity contribution is 0.104. The molecule has 6 nitrogen and oxygen atoms in total. The van der Waals surface area contributed by atoms with Crippen molar-refractivity contribution in [3.63, 3.8) is 0 Å². The van der Waals surface area contributed by atoms with Crippen LogP contribution in [0.2, 0.25) is 5.02 Å². The maximum atomic E-state index is 13.0. The lowest BCUT2D eigenvalue weighted by Gasteiger charge is -2.27. The van der Waals surface area contributed by atoms with Crippen LogP contribution in [-0.4, -0.2) is 32.8 Å². The van der Waals surface area contributed by atoms with Gasteiger partial charge in [-0.2, -0.15) is 0 Å². The molecule has 0 amide bonds. The molecule has 1 saturated carbocycles. The summed E-state index contributed by atoms with van der Waals surface area (Å²) >= 11 is 6.21. The Kier molecular flexibility index (Phi) is 4.61. The molecule has 1 fully saturated rings. The second-order valence-electron chi connectivity index (χ2n) is 6.73. The zero-order valence-electron chi connectivity index (χ0n) is 14.2. The number of hydrogen-bond donors (Lipinski definition) is 3. The molecule has 26 heavy (non-hydrogen) atoms. The number of hydrogen-bond acceptors (Lipinski definition) is 5. The highest BCUT2D eigenvalue weighted by Crippen LogP contribution is 2.29. The van der Waals surface area contributed by atoms with E-state index in [9.17, 15) is 4.79 Å². The Morgan fingerprint density at radius 1 is 1.23 bits per heavy atom. The van der Waals surface area contributed by atoms with Crippen molar-refractivity contribution in [3.05, 3.63) is 52.9 Å². The summed E-state index contributed by atoms with van der Waals surface area (Å²) in [6.45, 7) is 0. The third-order valence-corrected chi connectivity index (χ3v) is 5.22. The van der Waals surface area contributed by atoms with Crippen molar-refractivity contribution in [2.45, 2.75) is 37.8 Å². The first-order valence-electron chi connectivity index (χ1n) is 8.77. The zero-order chi connectivity index (χ0) is 18.1. The molecule has 0 aliphatic heterocycles. The van der Waals surface area contributed by atoms with E-state index in [1.165, 1.54) is 6.33 Å². The highest BCUT2D eigenvalue weighted by Gasteiger charge is 2.23. The number of carbonyl (C=O) groups excluding carboxylic acids is 1. The number of nitrogens with one attached hydrogen (secondary N) is 2. The smallest absolute Gasteiger partial charge is 0.196 e. The molecule has 1 aliphatic carbocycles. The maximum Gasteiger partial charge on any atom is 0.196 e. The molecule has 0 saturated heterocycles. The Hall–Kier alpha value is -2.44. The number of nitrogens with two attached hydrogens (primary N) is 1. The maximum absolute atomic E-state index is 13.0. The number of aromatic nitrogens is 3. The van der Waals surface area contributed by atoms with Gasteiger partial charge in [-0.15, -0.1) is 0 Å². The van der Waals surface area contributed by atoms with E-state index in [0.717, 1.165) is 25.7 Å². The van der Waals surface area contributed by atoms with Crippen molar-refractivity contribution in [3.8, 4) is 0 Å². The molecule has 0 spiro atoms. The van der Waals surface area contributed by atoms with Crippen molar-refractivity contribution in [1.29, 1.82) is 0 Å². The minimum absolute atomic E-state index is 0.153. The fourth-order valence-electron chi connectivity index (χ4n) is 3.59. The lowest BCUT2D eigenvalue weighted by atomic mass is 9.91. The standard InChI is InChI=1S/C19H20ClN5O/c20-15-7-2-1-6-13(15)17(26)14-9-22-18-16(14)19(24-10-23-18)25-12-5-3-4-11(21)8-12/h1-2,6-7,9-12H,3-5,8,21H2,(H2,22,23,24,25). The number of nitrogens with zero attached hydrogens (tertiary/aromatic N) is 2. The first-order valence-corrected chi connectivity index (χ1v) is 9.14. The monoisotopic (exact) mass is 369 g/mol. The Bertz CT molecular complexity index is 954. The minimum atomic E-state index is -0.153. The highest BCUT2D eigenvalue weighted by molar-refractivity contribution is 6.35. The largest absolute Gasteiger partial charge is 0.367 e. The molecular weight excluding hydrogens is 350 g/mol. The Labute approximate surface area is 156 Å². The van der Waals surface area contributed by atoms with Crippen LogP contribution < -0.4 is 11.1 Å². The van der Waals surface area contributed by atoms with Gasteiger partial charge in [-0.05, 0) is 37.8 Å². The summed E-state index contributed by atoms with van der Waals surface area (Å²) in [5.74, 6) is 0.505. The predicted molar refractivity (Wildman–Crippen MR) is 103 cm³/mol. The number of rotatable bonds is 4. The minimum Gasteiger partial charge on any atom is -0.367 e. The van der Waals surface area contributed by atoms with Crippen LogP contribution in [0.4, 0.5) is 5.82 Å². The van der Waals surface area contributed by atoms with Gasteiger partial charge in [0.25, 0.3) is 0 Å². The quantitative estimate of drug-likeness (QED) is 0.611. The number of halogens is 1. The summed E-state index contributed by atoms with van der Waals surface area (Å²) < 4.78 is 0. The van der Waals surface area contributed by atoms with Crippen molar-refractivity contribution in [2.75, 3.05) is 5.32 Å². The van der Waals surface area contributed by atoms with Gasteiger partial charge in [0.1, 0.15) is 17.8 Å². The summed E-state index contributed by atoms with van der Waals surface area (Å²) in [6.07, 6.45) is 7.24. The number of fused-ring (bicyclic) bond motifs is 1. The van der Waals surface area contributed by atoms with E-state index in [0.29, 0.717) is 33.0 Å². The van der Waals surface area contributed by atoms with Crippen LogP contribution in [0.25, 0.3) is 11.0 Å². The second kappa shape index (κ2) is 7.05. The molecular formula is C19H20ClN5O. The van der Waals surface area contributed by atoms with Gasteiger partial charge < -0.3 is 16.0 Å². The average molecular weight is 370 g/mol. The topological polar surface area (TPSA) is 96.7 Å². The molecule has 4 N–H and O–H groups in total. The van der Waals surface area contributed by atoms with Crippen LogP contribution in [0, 0.1) is 0 Å². The molecule has 134 valence electrons. The van der Waals surface area contributed by atoms with E-state index < -0.39 is 0 Å². The van der Waals surface area contributed by atoms with Gasteiger partial charge in [0.2, 0.25) is 0 Å². The Morgan fingerprint density at radius 3 is 2.88 bits per heavy atom. The Morgan fingerprint density at radius 2 is 2.08 bits per heavy atom. The van der Waals surface area contributed by atoms with Gasteiger partial charge in [-0.25, -0.2) is 9.97 Å². The average Bonchev–Trinajstić information content (AvgIpc) is 3.07. The van der Waals surface area contributed by atoms with Crippen LogP contribution in [0.15, 0.2) is 36.8 Å². The molecule has 0 radical (unpaired) electrons. The van der Waals surface area contributed by atoms with Gasteiger partial charge in [0.05, 0.1) is 16.0 Å². The van der Waals surface area contributed by atoms with Crippen molar-refractivity contribution < 1.29 is 4.79 Å². The van der Waals surface area contributed by atoms with E-state index in [-0.39, 0.29) is 17.9 Å². The fourth-order valence-corrected chi connectivity index (χ4v) is 3.82.